The maximum atomic E-state index is 11.7. The molecule has 0 saturated heterocycles. The normalized spacial score (nSPS) is 14.9. The molecule has 1 saturated carbocycles. The van der Waals surface area contributed by atoms with E-state index in [1.54, 1.807) is 7.11 Å². The van der Waals surface area contributed by atoms with Gasteiger partial charge in [-0.3, -0.25) is 4.79 Å². The number of ether oxygens (including phenoxy) is 2. The Kier molecular flexibility index (Phi) is 6.38. The molecule has 0 unspecified atom stereocenters. The summed E-state index contributed by atoms with van der Waals surface area (Å²) in [5.74, 6) is 2.50. The number of carbonyl (C=O) groups excluding carboxylic acids is 1. The number of rotatable bonds is 8. The van der Waals surface area contributed by atoms with Crippen LogP contribution < -0.4 is 14.8 Å². The minimum Gasteiger partial charge on any atom is -0.497 e. The predicted molar refractivity (Wildman–Crippen MR) is 82.7 cm³/mol. The Morgan fingerprint density at radius 2 is 1.86 bits per heavy atom. The molecule has 0 aliphatic heterocycles. The molecule has 0 atom stereocenters. The number of hydrogen-bond acceptors (Lipinski definition) is 3. The van der Waals surface area contributed by atoms with Crippen LogP contribution in [-0.4, -0.2) is 26.2 Å². The standard InChI is InChI=1S/C17H25NO3/c1-20-15-7-9-16(10-8-15)21-13-12-18-17(19)11-6-14-4-2-3-5-14/h7-10,14H,2-6,11-13H2,1H3,(H,18,19). The summed E-state index contributed by atoms with van der Waals surface area (Å²) in [5, 5.41) is 2.91. The van der Waals surface area contributed by atoms with Gasteiger partial charge in [-0.15, -0.1) is 0 Å². The van der Waals surface area contributed by atoms with E-state index in [9.17, 15) is 4.79 Å². The van der Waals surface area contributed by atoms with Gasteiger partial charge in [-0.2, -0.15) is 0 Å². The summed E-state index contributed by atoms with van der Waals surface area (Å²) in [4.78, 5) is 11.7. The van der Waals surface area contributed by atoms with Crippen molar-refractivity contribution in [3.8, 4) is 11.5 Å². The Labute approximate surface area is 126 Å². The van der Waals surface area contributed by atoms with E-state index >= 15 is 0 Å². The first-order valence-corrected chi connectivity index (χ1v) is 7.81. The van der Waals surface area contributed by atoms with Crippen molar-refractivity contribution in [3.05, 3.63) is 24.3 Å². The molecule has 0 spiro atoms. The second-order valence-corrected chi connectivity index (χ2v) is 5.56. The molecule has 0 bridgehead atoms. The van der Waals surface area contributed by atoms with Crippen molar-refractivity contribution in [2.75, 3.05) is 20.3 Å². The van der Waals surface area contributed by atoms with E-state index in [2.05, 4.69) is 5.32 Å². The van der Waals surface area contributed by atoms with E-state index in [-0.39, 0.29) is 5.91 Å². The van der Waals surface area contributed by atoms with Crippen LogP contribution in [0, 0.1) is 5.92 Å². The van der Waals surface area contributed by atoms with Gasteiger partial charge >= 0.3 is 0 Å². The Morgan fingerprint density at radius 3 is 2.52 bits per heavy atom. The molecule has 1 N–H and O–H groups in total. The molecule has 4 nitrogen and oxygen atoms in total. The van der Waals surface area contributed by atoms with Crippen molar-refractivity contribution in [2.24, 2.45) is 5.92 Å². The molecule has 1 aromatic rings. The average Bonchev–Trinajstić information content (AvgIpc) is 3.03. The third-order valence-corrected chi connectivity index (χ3v) is 4.01. The largest absolute Gasteiger partial charge is 0.497 e. The molecule has 1 amide bonds. The molecule has 116 valence electrons. The maximum absolute atomic E-state index is 11.7. The second-order valence-electron chi connectivity index (χ2n) is 5.56. The number of benzene rings is 1. The molecule has 0 aromatic heterocycles. The molecular formula is C17H25NO3. The highest BCUT2D eigenvalue weighted by Crippen LogP contribution is 2.28. The quantitative estimate of drug-likeness (QED) is 0.748. The van der Waals surface area contributed by atoms with Crippen LogP contribution in [0.1, 0.15) is 38.5 Å². The zero-order valence-corrected chi connectivity index (χ0v) is 12.8. The highest BCUT2D eigenvalue weighted by molar-refractivity contribution is 5.75. The van der Waals surface area contributed by atoms with Crippen LogP contribution in [0.4, 0.5) is 0 Å². The fourth-order valence-corrected chi connectivity index (χ4v) is 2.75. The maximum Gasteiger partial charge on any atom is 0.220 e. The van der Waals surface area contributed by atoms with E-state index in [4.69, 9.17) is 9.47 Å². The zero-order chi connectivity index (χ0) is 14.9. The Hall–Kier alpha value is -1.71. The smallest absolute Gasteiger partial charge is 0.220 e. The van der Waals surface area contributed by atoms with E-state index in [0.717, 1.165) is 23.8 Å². The van der Waals surface area contributed by atoms with Gasteiger partial charge in [-0.05, 0) is 36.6 Å². The first-order chi connectivity index (χ1) is 10.3. The molecular weight excluding hydrogens is 266 g/mol. The van der Waals surface area contributed by atoms with Gasteiger partial charge in [0.1, 0.15) is 18.1 Å². The average molecular weight is 291 g/mol. The minimum absolute atomic E-state index is 0.139. The lowest BCUT2D eigenvalue weighted by Gasteiger charge is -2.10. The van der Waals surface area contributed by atoms with Crippen LogP contribution >= 0.6 is 0 Å². The van der Waals surface area contributed by atoms with Gasteiger partial charge in [0.2, 0.25) is 5.91 Å². The lowest BCUT2D eigenvalue weighted by atomic mass is 10.0. The SMILES string of the molecule is COc1ccc(OCCNC(=O)CCC2CCCC2)cc1. The highest BCUT2D eigenvalue weighted by Gasteiger charge is 2.15. The molecule has 2 rings (SSSR count). The number of nitrogens with one attached hydrogen (secondary N) is 1. The number of hydrogen-bond donors (Lipinski definition) is 1. The van der Waals surface area contributed by atoms with E-state index < -0.39 is 0 Å². The molecule has 1 aromatic carbocycles. The molecule has 1 aliphatic rings. The minimum atomic E-state index is 0.139. The molecule has 1 fully saturated rings. The lowest BCUT2D eigenvalue weighted by molar-refractivity contribution is -0.121. The lowest BCUT2D eigenvalue weighted by Crippen LogP contribution is -2.28. The summed E-state index contributed by atoms with van der Waals surface area (Å²) in [7, 11) is 1.64. The van der Waals surface area contributed by atoms with Crippen molar-refractivity contribution in [1.29, 1.82) is 0 Å². The summed E-state index contributed by atoms with van der Waals surface area (Å²) in [5.41, 5.74) is 0. The fourth-order valence-electron chi connectivity index (χ4n) is 2.75. The second kappa shape index (κ2) is 8.55. The zero-order valence-electron chi connectivity index (χ0n) is 12.8. The van der Waals surface area contributed by atoms with Crippen molar-refractivity contribution in [1.82, 2.24) is 5.32 Å². The summed E-state index contributed by atoms with van der Waals surface area (Å²) in [6.07, 6.45) is 6.95. The van der Waals surface area contributed by atoms with Crippen molar-refractivity contribution < 1.29 is 14.3 Å². The van der Waals surface area contributed by atoms with E-state index in [1.807, 2.05) is 24.3 Å². The molecule has 21 heavy (non-hydrogen) atoms. The monoisotopic (exact) mass is 291 g/mol. The number of carbonyl (C=O) groups is 1. The molecule has 4 heteroatoms. The van der Waals surface area contributed by atoms with Crippen LogP contribution in [0.2, 0.25) is 0 Å². The summed E-state index contributed by atoms with van der Waals surface area (Å²) < 4.78 is 10.6. The van der Waals surface area contributed by atoms with Crippen LogP contribution in [0.5, 0.6) is 11.5 Å². The van der Waals surface area contributed by atoms with Crippen LogP contribution in [-0.2, 0) is 4.79 Å². The summed E-state index contributed by atoms with van der Waals surface area (Å²) in [6, 6.07) is 7.44. The van der Waals surface area contributed by atoms with Gasteiger partial charge in [0.15, 0.2) is 0 Å². The van der Waals surface area contributed by atoms with Gasteiger partial charge in [-0.25, -0.2) is 0 Å². The van der Waals surface area contributed by atoms with Gasteiger partial charge in [0.05, 0.1) is 13.7 Å². The Bertz CT molecular complexity index is 424. The van der Waals surface area contributed by atoms with E-state index in [0.29, 0.717) is 19.6 Å². The third kappa shape index (κ3) is 5.66. The molecule has 0 heterocycles. The topological polar surface area (TPSA) is 47.6 Å². The summed E-state index contributed by atoms with van der Waals surface area (Å²) in [6.45, 7) is 1.04. The van der Waals surface area contributed by atoms with Gasteiger partial charge in [0.25, 0.3) is 0 Å². The van der Waals surface area contributed by atoms with Crippen molar-refractivity contribution in [3.63, 3.8) is 0 Å². The number of methoxy groups -OCH3 is 1. The fraction of sp³-hybridized carbons (Fsp3) is 0.588. The van der Waals surface area contributed by atoms with Crippen LogP contribution in [0.15, 0.2) is 24.3 Å². The first-order valence-electron chi connectivity index (χ1n) is 7.81. The predicted octanol–water partition coefficient (Wildman–Crippen LogP) is 3.16. The molecule has 1 aliphatic carbocycles. The third-order valence-electron chi connectivity index (χ3n) is 4.01. The van der Waals surface area contributed by atoms with Gasteiger partial charge in [-0.1, -0.05) is 25.7 Å². The number of amides is 1. The summed E-state index contributed by atoms with van der Waals surface area (Å²) >= 11 is 0. The van der Waals surface area contributed by atoms with Crippen molar-refractivity contribution in [2.45, 2.75) is 38.5 Å². The molecule has 0 radical (unpaired) electrons. The van der Waals surface area contributed by atoms with Crippen LogP contribution in [0.3, 0.4) is 0 Å². The Balaban J connectivity index is 1.54. The highest BCUT2D eigenvalue weighted by atomic mass is 16.5. The van der Waals surface area contributed by atoms with Crippen molar-refractivity contribution >= 4 is 5.91 Å². The van der Waals surface area contributed by atoms with E-state index in [1.165, 1.54) is 25.7 Å². The van der Waals surface area contributed by atoms with Gasteiger partial charge < -0.3 is 14.8 Å². The van der Waals surface area contributed by atoms with Gasteiger partial charge in [0, 0.05) is 6.42 Å². The first kappa shape index (κ1) is 15.7. The van der Waals surface area contributed by atoms with Crippen LogP contribution in [0.25, 0.3) is 0 Å². The Morgan fingerprint density at radius 1 is 1.19 bits per heavy atom.